The smallest absolute Gasteiger partial charge is 0.227 e. The van der Waals surface area contributed by atoms with Crippen molar-refractivity contribution in [1.82, 2.24) is 5.32 Å². The van der Waals surface area contributed by atoms with Crippen molar-refractivity contribution in [1.29, 1.82) is 0 Å². The molecule has 1 aromatic rings. The molecule has 2 rings (SSSR count). The molecule has 21 heavy (non-hydrogen) atoms. The van der Waals surface area contributed by atoms with Crippen LogP contribution in [0.4, 0.5) is 27.6 Å². The molecule has 0 radical (unpaired) electrons. The van der Waals surface area contributed by atoms with Gasteiger partial charge in [0, 0.05) is 12.0 Å². The van der Waals surface area contributed by atoms with Crippen molar-refractivity contribution in [3.8, 4) is 0 Å². The Bertz CT molecular complexity index is 549. The number of carbonyl (C=O) groups excluding carboxylic acids is 1. The highest BCUT2D eigenvalue weighted by atomic mass is 19.2. The fourth-order valence-corrected chi connectivity index (χ4v) is 2.31. The number of benzene rings is 1. The summed E-state index contributed by atoms with van der Waals surface area (Å²) in [6.07, 6.45) is 0.840. The Morgan fingerprint density at radius 1 is 1.05 bits per heavy atom. The van der Waals surface area contributed by atoms with Crippen LogP contribution in [-0.2, 0) is 4.79 Å². The number of anilines is 1. The molecule has 3 nitrogen and oxygen atoms in total. The lowest BCUT2D eigenvalue weighted by Gasteiger charge is -2.27. The quantitative estimate of drug-likeness (QED) is 0.501. The van der Waals surface area contributed by atoms with Gasteiger partial charge < -0.3 is 10.6 Å². The molecule has 1 fully saturated rings. The zero-order chi connectivity index (χ0) is 15.7. The van der Waals surface area contributed by atoms with Gasteiger partial charge in [-0.1, -0.05) is 0 Å². The zero-order valence-corrected chi connectivity index (χ0v) is 11.1. The highest BCUT2D eigenvalue weighted by molar-refractivity contribution is 5.93. The van der Waals surface area contributed by atoms with E-state index in [4.69, 9.17) is 0 Å². The molecule has 2 atom stereocenters. The second-order valence-corrected chi connectivity index (χ2v) is 5.01. The third-order valence-corrected chi connectivity index (χ3v) is 3.45. The number of carbonyl (C=O) groups is 1. The molecule has 116 valence electrons. The van der Waals surface area contributed by atoms with E-state index in [-0.39, 0.29) is 6.04 Å². The Hall–Kier alpha value is -1.70. The first kappa shape index (κ1) is 15.7. The van der Waals surface area contributed by atoms with Gasteiger partial charge in [0.2, 0.25) is 11.7 Å². The van der Waals surface area contributed by atoms with Gasteiger partial charge in [0.25, 0.3) is 0 Å². The zero-order valence-electron chi connectivity index (χ0n) is 11.1. The van der Waals surface area contributed by atoms with Gasteiger partial charge in [-0.05, 0) is 26.3 Å². The Morgan fingerprint density at radius 2 is 1.57 bits per heavy atom. The van der Waals surface area contributed by atoms with Crippen molar-refractivity contribution in [3.05, 3.63) is 29.1 Å². The normalized spacial score (nSPS) is 22.2. The lowest BCUT2D eigenvalue weighted by atomic mass is 9.92. The maximum absolute atomic E-state index is 13.5. The van der Waals surface area contributed by atoms with Crippen LogP contribution in [0.25, 0.3) is 0 Å². The summed E-state index contributed by atoms with van der Waals surface area (Å²) in [6.45, 7) is 2.37. The molecular weight excluding hydrogens is 295 g/mol. The molecule has 2 N–H and O–H groups in total. The summed E-state index contributed by atoms with van der Waals surface area (Å²) >= 11 is 0. The topological polar surface area (TPSA) is 41.1 Å². The number of piperidine rings is 1. The molecule has 1 saturated heterocycles. The van der Waals surface area contributed by atoms with Crippen LogP contribution >= 0.6 is 0 Å². The van der Waals surface area contributed by atoms with E-state index >= 15 is 0 Å². The highest BCUT2D eigenvalue weighted by Crippen LogP contribution is 2.28. The summed E-state index contributed by atoms with van der Waals surface area (Å²) in [5, 5.41) is 4.90. The number of hydrogen-bond donors (Lipinski definition) is 2. The Kier molecular flexibility index (Phi) is 4.46. The molecular formula is C13H13F5N2O. The minimum atomic E-state index is -2.25. The van der Waals surface area contributed by atoms with E-state index in [2.05, 4.69) is 5.32 Å². The van der Waals surface area contributed by atoms with Crippen LogP contribution in [0, 0.1) is 35.0 Å². The molecule has 2 unspecified atom stereocenters. The molecule has 8 heteroatoms. The van der Waals surface area contributed by atoms with Gasteiger partial charge in [-0.2, -0.15) is 0 Å². The summed E-state index contributed by atoms with van der Waals surface area (Å²) in [7, 11) is 0. The van der Waals surface area contributed by atoms with Crippen LogP contribution in [0.2, 0.25) is 0 Å². The number of hydrogen-bond acceptors (Lipinski definition) is 2. The minimum absolute atomic E-state index is 0.0332. The molecule has 0 aromatic heterocycles. The largest absolute Gasteiger partial charge is 0.321 e. The lowest BCUT2D eigenvalue weighted by molar-refractivity contribution is -0.120. The van der Waals surface area contributed by atoms with Gasteiger partial charge in [-0.15, -0.1) is 0 Å². The van der Waals surface area contributed by atoms with Crippen molar-refractivity contribution in [2.45, 2.75) is 25.8 Å². The average molecular weight is 308 g/mol. The summed E-state index contributed by atoms with van der Waals surface area (Å²) in [5.74, 6) is -11.8. The van der Waals surface area contributed by atoms with Gasteiger partial charge in [0.1, 0.15) is 5.69 Å². The molecule has 1 aliphatic heterocycles. The highest BCUT2D eigenvalue weighted by Gasteiger charge is 2.30. The van der Waals surface area contributed by atoms with Crippen LogP contribution in [0.15, 0.2) is 0 Å². The van der Waals surface area contributed by atoms with Crippen LogP contribution < -0.4 is 10.6 Å². The minimum Gasteiger partial charge on any atom is -0.321 e. The van der Waals surface area contributed by atoms with Crippen molar-refractivity contribution < 1.29 is 26.7 Å². The van der Waals surface area contributed by atoms with Crippen LogP contribution in [-0.4, -0.2) is 18.5 Å². The molecule has 0 bridgehead atoms. The molecule has 1 aliphatic rings. The summed E-state index contributed by atoms with van der Waals surface area (Å²) < 4.78 is 65.9. The molecule has 0 saturated carbocycles. The van der Waals surface area contributed by atoms with Gasteiger partial charge >= 0.3 is 0 Å². The first-order valence-electron chi connectivity index (χ1n) is 6.38. The molecule has 0 aliphatic carbocycles. The summed E-state index contributed by atoms with van der Waals surface area (Å²) in [4.78, 5) is 11.9. The Labute approximate surface area is 117 Å². The molecule has 1 aromatic carbocycles. The fraction of sp³-hybridized carbons (Fsp3) is 0.462. The predicted molar refractivity (Wildman–Crippen MR) is 65.1 cm³/mol. The van der Waals surface area contributed by atoms with Gasteiger partial charge in [-0.3, -0.25) is 4.79 Å². The average Bonchev–Trinajstić information content (AvgIpc) is 2.47. The van der Waals surface area contributed by atoms with E-state index in [1.54, 1.807) is 0 Å². The van der Waals surface area contributed by atoms with Crippen molar-refractivity contribution in [2.75, 3.05) is 11.9 Å². The third kappa shape index (κ3) is 2.99. The van der Waals surface area contributed by atoms with E-state index < -0.39 is 46.6 Å². The molecule has 0 spiro atoms. The molecule has 1 heterocycles. The van der Waals surface area contributed by atoms with E-state index in [0.29, 0.717) is 19.4 Å². The van der Waals surface area contributed by atoms with Gasteiger partial charge in [-0.25, -0.2) is 22.0 Å². The van der Waals surface area contributed by atoms with E-state index in [0.717, 1.165) is 0 Å². The lowest BCUT2D eigenvalue weighted by Crippen LogP contribution is -2.40. The van der Waals surface area contributed by atoms with Crippen molar-refractivity contribution >= 4 is 11.6 Å². The third-order valence-electron chi connectivity index (χ3n) is 3.45. The van der Waals surface area contributed by atoms with Crippen molar-refractivity contribution in [3.63, 3.8) is 0 Å². The van der Waals surface area contributed by atoms with Gasteiger partial charge in [0.05, 0.1) is 0 Å². The monoisotopic (exact) mass is 308 g/mol. The second-order valence-electron chi connectivity index (χ2n) is 5.01. The van der Waals surface area contributed by atoms with Gasteiger partial charge in [0.15, 0.2) is 23.3 Å². The van der Waals surface area contributed by atoms with E-state index in [1.807, 2.05) is 12.2 Å². The fourth-order valence-electron chi connectivity index (χ4n) is 2.31. The van der Waals surface area contributed by atoms with Crippen LogP contribution in [0.5, 0.6) is 0 Å². The first-order chi connectivity index (χ1) is 9.82. The summed E-state index contributed by atoms with van der Waals surface area (Å²) in [5.41, 5.74) is -1.30. The van der Waals surface area contributed by atoms with E-state index in [1.165, 1.54) is 0 Å². The maximum Gasteiger partial charge on any atom is 0.227 e. The predicted octanol–water partition coefficient (Wildman–Crippen LogP) is 2.71. The number of rotatable bonds is 2. The number of halogens is 5. The number of nitrogens with one attached hydrogen (secondary N) is 2. The van der Waals surface area contributed by atoms with Crippen LogP contribution in [0.3, 0.4) is 0 Å². The Balaban J connectivity index is 2.25. The Morgan fingerprint density at radius 3 is 2.10 bits per heavy atom. The first-order valence-corrected chi connectivity index (χ1v) is 6.38. The van der Waals surface area contributed by atoms with E-state index in [9.17, 15) is 26.7 Å². The second kappa shape index (κ2) is 5.97. The standard InChI is InChI=1S/C13H13F5N2O/c1-5-4-6(2-3-19-5)13(21)20-12-10(17)8(15)7(14)9(16)11(12)18/h5-6,19H,2-4H2,1H3,(H,20,21). The summed E-state index contributed by atoms with van der Waals surface area (Å²) in [6, 6.07) is 0.0332. The maximum atomic E-state index is 13.5. The van der Waals surface area contributed by atoms with Crippen LogP contribution in [0.1, 0.15) is 19.8 Å². The van der Waals surface area contributed by atoms with Crippen molar-refractivity contribution in [2.24, 2.45) is 5.92 Å². The molecule has 1 amide bonds. The number of amides is 1. The SMILES string of the molecule is CC1CC(C(=O)Nc2c(F)c(F)c(F)c(F)c2F)CCN1.